The van der Waals surface area contributed by atoms with Crippen molar-refractivity contribution in [3.63, 3.8) is 0 Å². The molecule has 0 aliphatic heterocycles. The number of nitrogens with two attached hydrogens (primary N) is 4. The number of anilines is 8. The quantitative estimate of drug-likeness (QED) is 0.0373. The second-order valence-corrected chi connectivity index (χ2v) is 28.2. The molecule has 0 aromatic heterocycles. The van der Waals surface area contributed by atoms with Crippen molar-refractivity contribution in [1.29, 1.82) is 0 Å². The number of ether oxygens (including phenoxy) is 4. The molecule has 4 saturated carbocycles. The zero-order chi connectivity index (χ0) is 62.5. The number of carbonyl (C=O) groups is 4. The molecule has 0 unspecified atom stereocenters. The monoisotopic (exact) mass is 1210 g/mol. The van der Waals surface area contributed by atoms with E-state index < -0.39 is 0 Å². The Kier molecular flexibility index (Phi) is 28.9. The van der Waals surface area contributed by atoms with Crippen LogP contribution < -0.4 is 44.2 Å². The van der Waals surface area contributed by atoms with Crippen LogP contribution in [0.5, 0.6) is 0 Å². The van der Waals surface area contributed by atoms with E-state index in [-0.39, 0.29) is 46.2 Å². The molecule has 0 spiro atoms. The van der Waals surface area contributed by atoms with Gasteiger partial charge >= 0.3 is 23.9 Å². The summed E-state index contributed by atoms with van der Waals surface area (Å²) in [4.78, 5) is 46.0. The van der Waals surface area contributed by atoms with Gasteiger partial charge in [-0.15, -0.1) is 0 Å². The fourth-order valence-corrected chi connectivity index (χ4v) is 14.5. The van der Waals surface area contributed by atoms with E-state index in [1.807, 2.05) is 24.3 Å². The molecule has 8 rings (SSSR count). The Hall–Kier alpha value is -6.84. The lowest BCUT2D eigenvalue weighted by atomic mass is 9.70. The predicted molar refractivity (Wildman–Crippen MR) is 366 cm³/mol. The molecule has 16 heteroatoms. The number of methoxy groups -OCH3 is 4. The van der Waals surface area contributed by atoms with Gasteiger partial charge in [-0.05, 0) is 195 Å². The molecule has 4 aromatic rings. The van der Waals surface area contributed by atoms with Gasteiger partial charge in [0.05, 0.1) is 96.2 Å². The maximum atomic E-state index is 11.5. The summed E-state index contributed by atoms with van der Waals surface area (Å²) < 4.78 is 18.8. The van der Waals surface area contributed by atoms with Crippen LogP contribution in [0.3, 0.4) is 0 Å². The third-order valence-electron chi connectivity index (χ3n) is 16.9. The lowest BCUT2D eigenvalue weighted by Crippen LogP contribution is -2.35. The van der Waals surface area contributed by atoms with Crippen molar-refractivity contribution in [1.82, 2.24) is 0 Å². The highest BCUT2D eigenvalue weighted by Crippen LogP contribution is 2.44. The molecule has 87 heavy (non-hydrogen) atoms. The van der Waals surface area contributed by atoms with Crippen LogP contribution in [0.4, 0.5) is 45.5 Å². The molecule has 0 radical (unpaired) electrons. The van der Waals surface area contributed by atoms with E-state index in [4.69, 9.17) is 41.9 Å². The van der Waals surface area contributed by atoms with Crippen molar-refractivity contribution in [2.75, 3.05) is 72.6 Å². The van der Waals surface area contributed by atoms with Gasteiger partial charge in [-0.1, -0.05) is 105 Å². The van der Waals surface area contributed by atoms with Crippen molar-refractivity contribution < 1.29 is 38.1 Å². The molecule has 4 aromatic carbocycles. The maximum Gasteiger partial charge on any atom is 0.337 e. The molecule has 4 aliphatic rings. The third-order valence-corrected chi connectivity index (χ3v) is 16.9. The highest BCUT2D eigenvalue weighted by Gasteiger charge is 2.36. The first-order chi connectivity index (χ1) is 39.2. The van der Waals surface area contributed by atoms with Crippen molar-refractivity contribution >= 4 is 69.4 Å². The van der Waals surface area contributed by atoms with E-state index in [9.17, 15) is 19.2 Å². The van der Waals surface area contributed by atoms with Gasteiger partial charge in [0.1, 0.15) is 0 Å². The molecule has 0 amide bonds. The minimum absolute atomic E-state index is 0. The molecule has 0 saturated heterocycles. The van der Waals surface area contributed by atoms with Crippen LogP contribution >= 0.6 is 0 Å². The van der Waals surface area contributed by atoms with Gasteiger partial charge in [0.25, 0.3) is 0 Å². The number of carbonyl (C=O) groups excluding carboxylic acids is 4. The number of hydrogen-bond acceptors (Lipinski definition) is 16. The van der Waals surface area contributed by atoms with Crippen LogP contribution in [-0.2, 0) is 18.9 Å². The van der Waals surface area contributed by atoms with E-state index in [2.05, 4.69) is 104 Å². The number of benzene rings is 4. The first-order valence-corrected chi connectivity index (χ1v) is 30.2. The minimum Gasteiger partial charge on any atom is -0.465 e. The second-order valence-electron chi connectivity index (χ2n) is 28.2. The summed E-state index contributed by atoms with van der Waals surface area (Å²) in [6.45, 7) is 27.8. The molecule has 4 aliphatic carbocycles. The highest BCUT2D eigenvalue weighted by atomic mass is 16.5. The zero-order valence-electron chi connectivity index (χ0n) is 53.6. The van der Waals surface area contributed by atoms with E-state index >= 15 is 0 Å². The average molecular weight is 1210 g/mol. The van der Waals surface area contributed by atoms with Crippen LogP contribution in [0.25, 0.3) is 0 Å². The number of rotatable bonds is 12. The Morgan fingerprint density at radius 3 is 0.655 bits per heavy atom. The first-order valence-electron chi connectivity index (χ1n) is 30.2. The SMILES string of the molecule is C.C.C.COC(=O)c1ccc(N[C@@H]2C[C@@H](C)CC(C)(C)C2)c(N)c1.COC(=O)c1ccc(N[C@@H]2C[C@H](C)CC(C)(C)C2)c(N)c1.COC(=O)c1ccc(N[C@H]2C[C@@H](C)CC(C)(C)C2)c(N)c1.COC(=O)c1ccc(N[C@H]2C[C@H](C)CC(C)(C)C2)c(N)c1. The fourth-order valence-electron chi connectivity index (χ4n) is 14.5. The molecule has 8 atom stereocenters. The van der Waals surface area contributed by atoms with E-state index in [0.717, 1.165) is 74.1 Å². The van der Waals surface area contributed by atoms with Crippen LogP contribution in [-0.4, -0.2) is 76.5 Å². The van der Waals surface area contributed by atoms with E-state index in [0.29, 0.717) is 115 Å². The third kappa shape index (κ3) is 23.7. The maximum absolute atomic E-state index is 11.5. The van der Waals surface area contributed by atoms with Crippen LogP contribution in [0.15, 0.2) is 72.8 Å². The minimum atomic E-state index is -0.360. The van der Waals surface area contributed by atoms with Gasteiger partial charge in [-0.25, -0.2) is 19.2 Å². The molecule has 4 fully saturated rings. The summed E-state index contributed by atoms with van der Waals surface area (Å²) >= 11 is 0. The molecule has 0 bridgehead atoms. The van der Waals surface area contributed by atoms with Gasteiger partial charge in [0, 0.05) is 24.2 Å². The Bertz CT molecular complexity index is 2480. The van der Waals surface area contributed by atoms with Gasteiger partial charge < -0.3 is 63.1 Å². The lowest BCUT2D eigenvalue weighted by molar-refractivity contribution is 0.0592. The summed E-state index contributed by atoms with van der Waals surface area (Å²) in [5.74, 6) is 1.40. The molecular weight excluding hydrogens is 1090 g/mol. The van der Waals surface area contributed by atoms with Crippen molar-refractivity contribution in [3.05, 3.63) is 95.1 Å². The smallest absolute Gasteiger partial charge is 0.337 e. The normalized spacial score (nSPS) is 23.5. The van der Waals surface area contributed by atoms with Gasteiger partial charge in [-0.2, -0.15) is 0 Å². The summed E-state index contributed by atoms with van der Waals surface area (Å²) in [5, 5.41) is 14.2. The summed E-state index contributed by atoms with van der Waals surface area (Å²) in [6, 6.07) is 22.9. The zero-order valence-corrected chi connectivity index (χ0v) is 53.6. The van der Waals surface area contributed by atoms with Crippen LogP contribution in [0.2, 0.25) is 0 Å². The van der Waals surface area contributed by atoms with E-state index in [1.165, 1.54) is 54.1 Å². The number of nitrogen functional groups attached to an aromatic ring is 4. The number of esters is 4. The lowest BCUT2D eigenvalue weighted by Gasteiger charge is -2.39. The topological polar surface area (TPSA) is 257 Å². The molecule has 0 heterocycles. The van der Waals surface area contributed by atoms with Crippen molar-refractivity contribution in [2.24, 2.45) is 45.3 Å². The number of hydrogen-bond donors (Lipinski definition) is 8. The Balaban J connectivity index is 0.000000391. The van der Waals surface area contributed by atoms with Crippen LogP contribution in [0, 0.1) is 45.3 Å². The molecule has 488 valence electrons. The molecule has 16 nitrogen and oxygen atoms in total. The highest BCUT2D eigenvalue weighted by molar-refractivity contribution is 5.94. The average Bonchev–Trinajstić information content (AvgIpc) is 2.94. The Morgan fingerprint density at radius 1 is 0.345 bits per heavy atom. The van der Waals surface area contributed by atoms with Gasteiger partial charge in [-0.3, -0.25) is 0 Å². The standard InChI is InChI=1S/4C17H26N2O2.3CH4/c4*1-11-7-13(10-17(2,3)9-11)19-15-6-5-12(8-14(15)18)16(20)21-4;;;/h4*5-6,8,11,13,19H,7,9-10,18H2,1-4H3;3*1H4/t2*11-,13+;2*11-,13-;;;/m1010.../s1. The molecule has 12 N–H and O–H groups in total. The Morgan fingerprint density at radius 2 is 0.517 bits per heavy atom. The fraction of sp³-hybridized carbons (Fsp3) is 0.606. The van der Waals surface area contributed by atoms with Gasteiger partial charge in [0.2, 0.25) is 0 Å². The number of nitrogens with one attached hydrogen (secondary N) is 4. The molecular formula is C71H116N8O8. The van der Waals surface area contributed by atoms with Crippen molar-refractivity contribution in [3.8, 4) is 0 Å². The van der Waals surface area contributed by atoms with Gasteiger partial charge in [0.15, 0.2) is 0 Å². The predicted octanol–water partition coefficient (Wildman–Crippen LogP) is 16.6. The second kappa shape index (κ2) is 32.9. The first kappa shape index (κ1) is 76.3. The van der Waals surface area contributed by atoms with E-state index in [1.54, 1.807) is 48.5 Å². The van der Waals surface area contributed by atoms with Crippen molar-refractivity contribution in [2.45, 2.75) is 207 Å². The summed E-state index contributed by atoms with van der Waals surface area (Å²) in [7, 11) is 5.48. The summed E-state index contributed by atoms with van der Waals surface area (Å²) in [6.07, 6.45) is 14.2. The largest absolute Gasteiger partial charge is 0.465 e. The summed E-state index contributed by atoms with van der Waals surface area (Å²) in [5.41, 5.74) is 33.6. The van der Waals surface area contributed by atoms with Crippen LogP contribution in [0.1, 0.15) is 224 Å². The Labute approximate surface area is 524 Å².